The molecule has 2 rings (SSSR count). The lowest BCUT2D eigenvalue weighted by molar-refractivity contribution is 1.40. The van der Waals surface area contributed by atoms with Gasteiger partial charge in [-0.2, -0.15) is 0 Å². The minimum Gasteiger partial charge on any atom is -0.361 e. The van der Waals surface area contributed by atoms with Crippen LogP contribution in [0.3, 0.4) is 0 Å². The lowest BCUT2D eigenvalue weighted by Gasteiger charge is -1.96. The predicted octanol–water partition coefficient (Wildman–Crippen LogP) is 3.06. The first-order valence-electron chi connectivity index (χ1n) is 3.53. The summed E-state index contributed by atoms with van der Waals surface area (Å²) in [6.45, 7) is 0. The summed E-state index contributed by atoms with van der Waals surface area (Å²) in [7, 11) is 0. The molecule has 0 atom stereocenters. The first-order valence-corrected chi connectivity index (χ1v) is 4.65. The van der Waals surface area contributed by atoms with Gasteiger partial charge in [-0.25, -0.2) is 0 Å². The Bertz CT molecular complexity index is 364. The number of benzene rings is 1. The summed E-state index contributed by atoms with van der Waals surface area (Å²) in [6.07, 6.45) is 1.97. The molecule has 56 valence electrons. The van der Waals surface area contributed by atoms with E-state index in [1.807, 2.05) is 6.20 Å². The molecule has 1 nitrogen and oxygen atoms in total. The van der Waals surface area contributed by atoms with Gasteiger partial charge in [-0.15, -0.1) is 0 Å². The van der Waals surface area contributed by atoms with Gasteiger partial charge in [-0.05, 0) is 17.0 Å². The SMILES string of the molecule is BrCc1cccc2cc[nH]c12. The molecule has 1 aromatic heterocycles. The van der Waals surface area contributed by atoms with Gasteiger partial charge in [0, 0.05) is 17.0 Å². The zero-order valence-corrected chi connectivity index (χ0v) is 7.56. The van der Waals surface area contributed by atoms with Crippen LogP contribution in [0.2, 0.25) is 0 Å². The second-order valence-electron chi connectivity index (χ2n) is 2.49. The van der Waals surface area contributed by atoms with Gasteiger partial charge in [-0.3, -0.25) is 0 Å². The van der Waals surface area contributed by atoms with Crippen LogP contribution in [0.1, 0.15) is 5.56 Å². The van der Waals surface area contributed by atoms with E-state index in [0.29, 0.717) is 0 Å². The third-order valence-electron chi connectivity index (χ3n) is 1.82. The number of para-hydroxylation sites is 1. The fraction of sp³-hybridized carbons (Fsp3) is 0.111. The first-order chi connectivity index (χ1) is 5.42. The fourth-order valence-corrected chi connectivity index (χ4v) is 1.73. The average molecular weight is 210 g/mol. The van der Waals surface area contributed by atoms with E-state index in [1.54, 1.807) is 0 Å². The Morgan fingerprint density at radius 2 is 2.18 bits per heavy atom. The monoisotopic (exact) mass is 209 g/mol. The highest BCUT2D eigenvalue weighted by Gasteiger charge is 1.97. The molecule has 0 aliphatic heterocycles. The van der Waals surface area contributed by atoms with Crippen molar-refractivity contribution in [1.82, 2.24) is 4.98 Å². The molecular weight excluding hydrogens is 202 g/mol. The second-order valence-corrected chi connectivity index (χ2v) is 3.05. The smallest absolute Gasteiger partial charge is 0.0495 e. The van der Waals surface area contributed by atoms with Gasteiger partial charge in [0.15, 0.2) is 0 Å². The molecule has 0 radical (unpaired) electrons. The maximum Gasteiger partial charge on any atom is 0.0495 e. The Hall–Kier alpha value is -0.760. The van der Waals surface area contributed by atoms with Crippen molar-refractivity contribution in [2.45, 2.75) is 5.33 Å². The number of fused-ring (bicyclic) bond motifs is 1. The highest BCUT2D eigenvalue weighted by molar-refractivity contribution is 9.08. The molecule has 0 unspecified atom stereocenters. The summed E-state index contributed by atoms with van der Waals surface area (Å²) in [5, 5.41) is 2.19. The van der Waals surface area contributed by atoms with E-state index in [1.165, 1.54) is 16.5 Å². The Kier molecular flexibility index (Phi) is 1.70. The van der Waals surface area contributed by atoms with Crippen LogP contribution in [-0.2, 0) is 5.33 Å². The maximum atomic E-state index is 3.44. The minimum atomic E-state index is 0.908. The lowest BCUT2D eigenvalue weighted by atomic mass is 10.2. The van der Waals surface area contributed by atoms with Crippen molar-refractivity contribution in [2.75, 3.05) is 0 Å². The van der Waals surface area contributed by atoms with Crippen molar-refractivity contribution in [3.8, 4) is 0 Å². The lowest BCUT2D eigenvalue weighted by Crippen LogP contribution is -1.78. The number of aromatic nitrogens is 1. The quantitative estimate of drug-likeness (QED) is 0.696. The first kappa shape index (κ1) is 6.92. The van der Waals surface area contributed by atoms with Crippen molar-refractivity contribution in [1.29, 1.82) is 0 Å². The summed E-state index contributed by atoms with van der Waals surface area (Å²) >= 11 is 3.44. The van der Waals surface area contributed by atoms with Gasteiger partial charge >= 0.3 is 0 Å². The number of H-pyrrole nitrogens is 1. The molecule has 0 saturated heterocycles. The molecule has 0 aliphatic carbocycles. The molecule has 0 fully saturated rings. The van der Waals surface area contributed by atoms with E-state index in [4.69, 9.17) is 0 Å². The van der Waals surface area contributed by atoms with Gasteiger partial charge in [0.1, 0.15) is 0 Å². The largest absolute Gasteiger partial charge is 0.361 e. The Labute approximate surface area is 73.6 Å². The van der Waals surface area contributed by atoms with E-state index in [2.05, 4.69) is 45.2 Å². The van der Waals surface area contributed by atoms with E-state index in [0.717, 1.165) is 5.33 Å². The van der Waals surface area contributed by atoms with Gasteiger partial charge < -0.3 is 4.98 Å². The van der Waals surface area contributed by atoms with Gasteiger partial charge in [0.2, 0.25) is 0 Å². The number of hydrogen-bond acceptors (Lipinski definition) is 0. The third-order valence-corrected chi connectivity index (χ3v) is 2.42. The summed E-state index contributed by atoms with van der Waals surface area (Å²) in [4.78, 5) is 3.21. The van der Waals surface area contributed by atoms with E-state index < -0.39 is 0 Å². The number of alkyl halides is 1. The van der Waals surface area contributed by atoms with Crippen LogP contribution in [0.5, 0.6) is 0 Å². The second kappa shape index (κ2) is 2.70. The predicted molar refractivity (Wildman–Crippen MR) is 50.9 cm³/mol. The van der Waals surface area contributed by atoms with Crippen molar-refractivity contribution < 1.29 is 0 Å². The third kappa shape index (κ3) is 1.07. The number of aromatic amines is 1. The van der Waals surface area contributed by atoms with Crippen molar-refractivity contribution in [3.05, 3.63) is 36.0 Å². The topological polar surface area (TPSA) is 15.8 Å². The van der Waals surface area contributed by atoms with Gasteiger partial charge in [0.05, 0.1) is 0 Å². The standard InChI is InChI=1S/C9H8BrN/c10-6-8-3-1-2-7-4-5-11-9(7)8/h1-5,11H,6H2. The molecule has 0 saturated carbocycles. The summed E-state index contributed by atoms with van der Waals surface area (Å²) in [5.74, 6) is 0. The molecule has 0 amide bonds. The highest BCUT2D eigenvalue weighted by Crippen LogP contribution is 2.18. The molecular formula is C9H8BrN. The Morgan fingerprint density at radius 3 is 3.00 bits per heavy atom. The number of hydrogen-bond donors (Lipinski definition) is 1. The maximum absolute atomic E-state index is 3.44. The van der Waals surface area contributed by atoms with Crippen LogP contribution in [0.15, 0.2) is 30.5 Å². The normalized spacial score (nSPS) is 10.6. The van der Waals surface area contributed by atoms with Crippen LogP contribution in [0.4, 0.5) is 0 Å². The van der Waals surface area contributed by atoms with Gasteiger partial charge in [0.25, 0.3) is 0 Å². The van der Waals surface area contributed by atoms with Crippen LogP contribution in [0.25, 0.3) is 10.9 Å². The zero-order valence-electron chi connectivity index (χ0n) is 5.97. The summed E-state index contributed by atoms with van der Waals surface area (Å²) < 4.78 is 0. The molecule has 0 bridgehead atoms. The molecule has 1 aromatic carbocycles. The summed E-state index contributed by atoms with van der Waals surface area (Å²) in [5.41, 5.74) is 2.55. The van der Waals surface area contributed by atoms with E-state index >= 15 is 0 Å². The van der Waals surface area contributed by atoms with Crippen LogP contribution < -0.4 is 0 Å². The Morgan fingerprint density at radius 1 is 1.27 bits per heavy atom. The number of nitrogens with one attached hydrogen (secondary N) is 1. The molecule has 2 heteroatoms. The van der Waals surface area contributed by atoms with Crippen LogP contribution in [-0.4, -0.2) is 4.98 Å². The van der Waals surface area contributed by atoms with E-state index in [9.17, 15) is 0 Å². The van der Waals surface area contributed by atoms with Crippen LogP contribution in [0, 0.1) is 0 Å². The number of rotatable bonds is 1. The van der Waals surface area contributed by atoms with Crippen LogP contribution >= 0.6 is 15.9 Å². The van der Waals surface area contributed by atoms with Crippen molar-refractivity contribution in [3.63, 3.8) is 0 Å². The molecule has 0 spiro atoms. The molecule has 0 aliphatic rings. The minimum absolute atomic E-state index is 0.908. The van der Waals surface area contributed by atoms with E-state index in [-0.39, 0.29) is 0 Å². The molecule has 2 aromatic rings. The zero-order chi connectivity index (χ0) is 7.68. The number of halogens is 1. The summed E-state index contributed by atoms with van der Waals surface area (Å²) in [6, 6.07) is 8.39. The van der Waals surface area contributed by atoms with Gasteiger partial charge in [-0.1, -0.05) is 34.1 Å². The highest BCUT2D eigenvalue weighted by atomic mass is 79.9. The fourth-order valence-electron chi connectivity index (χ4n) is 1.26. The van der Waals surface area contributed by atoms with Crippen molar-refractivity contribution >= 4 is 26.8 Å². The molecule has 1 N–H and O–H groups in total. The van der Waals surface area contributed by atoms with Crippen molar-refractivity contribution in [2.24, 2.45) is 0 Å². The Balaban J connectivity index is 2.79. The molecule has 11 heavy (non-hydrogen) atoms. The molecule has 1 heterocycles. The average Bonchev–Trinajstić information content (AvgIpc) is 2.50.